The summed E-state index contributed by atoms with van der Waals surface area (Å²) in [6, 6.07) is 1.85. The Hall–Kier alpha value is -2.64. The molecule has 0 spiro atoms. The molecule has 0 heterocycles. The van der Waals surface area contributed by atoms with Crippen LogP contribution < -0.4 is 16.0 Å². The van der Waals surface area contributed by atoms with Crippen molar-refractivity contribution in [2.75, 3.05) is 12.4 Å². The maximum Gasteiger partial charge on any atom is 0.340 e. The normalized spacial score (nSPS) is 11.3. The summed E-state index contributed by atoms with van der Waals surface area (Å²) < 4.78 is 13.4. The molecule has 0 aliphatic carbocycles. The molecule has 0 bridgehead atoms. The molecule has 0 aliphatic rings. The van der Waals surface area contributed by atoms with Gasteiger partial charge in [-0.15, -0.1) is 0 Å². The van der Waals surface area contributed by atoms with E-state index in [1.165, 1.54) is 26.1 Å². The van der Waals surface area contributed by atoms with E-state index in [2.05, 4.69) is 16.0 Å². The summed E-state index contributed by atoms with van der Waals surface area (Å²) in [7, 11) is 1.41. The van der Waals surface area contributed by atoms with Gasteiger partial charge < -0.3 is 21.1 Å². The molecular weight excluding hydrogens is 269 g/mol. The third-order valence-corrected chi connectivity index (χ3v) is 2.46. The third-order valence-electron chi connectivity index (χ3n) is 2.46. The molecule has 108 valence electrons. The predicted octanol–water partition coefficient (Wildman–Crippen LogP) is 0.780. The molecule has 0 aromatic heterocycles. The molecule has 0 saturated carbocycles. The summed E-state index contributed by atoms with van der Waals surface area (Å²) in [6.45, 7) is 1.45. The summed E-state index contributed by atoms with van der Waals surface area (Å²) in [6.07, 6.45) is 0. The lowest BCUT2D eigenvalue weighted by Gasteiger charge is -2.14. The molecule has 0 fully saturated rings. The fourth-order valence-electron chi connectivity index (χ4n) is 1.48. The number of hydrogen-bond donors (Lipinski definition) is 4. The second kappa shape index (κ2) is 6.50. The van der Waals surface area contributed by atoms with Crippen molar-refractivity contribution >= 4 is 23.6 Å². The molecule has 4 N–H and O–H groups in total. The van der Waals surface area contributed by atoms with E-state index in [0.717, 1.165) is 6.07 Å². The smallest absolute Gasteiger partial charge is 0.340 e. The van der Waals surface area contributed by atoms with Crippen LogP contribution in [-0.2, 0) is 4.79 Å². The SMILES string of the molecule is CNC(=O)C(C)NC(=O)Nc1cccc(F)c1C(=O)O. The van der Waals surface area contributed by atoms with E-state index in [4.69, 9.17) is 5.11 Å². The van der Waals surface area contributed by atoms with E-state index < -0.39 is 35.3 Å². The molecule has 3 amide bonds. The monoisotopic (exact) mass is 283 g/mol. The zero-order chi connectivity index (χ0) is 15.3. The van der Waals surface area contributed by atoms with Crippen LogP contribution in [0, 0.1) is 5.82 Å². The van der Waals surface area contributed by atoms with Crippen LogP contribution in [0.25, 0.3) is 0 Å². The topological polar surface area (TPSA) is 108 Å². The zero-order valence-electron chi connectivity index (χ0n) is 10.9. The highest BCUT2D eigenvalue weighted by Crippen LogP contribution is 2.18. The van der Waals surface area contributed by atoms with Gasteiger partial charge in [-0.25, -0.2) is 14.0 Å². The number of carboxylic acids is 1. The van der Waals surface area contributed by atoms with Crippen molar-refractivity contribution in [3.8, 4) is 0 Å². The molecule has 1 aromatic carbocycles. The first-order valence-corrected chi connectivity index (χ1v) is 5.67. The van der Waals surface area contributed by atoms with E-state index in [1.54, 1.807) is 0 Å². The maximum atomic E-state index is 13.4. The Labute approximate surface area is 114 Å². The average molecular weight is 283 g/mol. The average Bonchev–Trinajstić information content (AvgIpc) is 2.36. The first kappa shape index (κ1) is 15.4. The van der Waals surface area contributed by atoms with E-state index in [9.17, 15) is 18.8 Å². The second-order valence-corrected chi connectivity index (χ2v) is 3.90. The lowest BCUT2D eigenvalue weighted by atomic mass is 10.1. The van der Waals surface area contributed by atoms with Crippen molar-refractivity contribution in [1.82, 2.24) is 10.6 Å². The number of carbonyl (C=O) groups is 3. The van der Waals surface area contributed by atoms with Crippen LogP contribution in [0.4, 0.5) is 14.9 Å². The van der Waals surface area contributed by atoms with Crippen LogP contribution in [0.15, 0.2) is 18.2 Å². The van der Waals surface area contributed by atoms with Crippen molar-refractivity contribution in [2.24, 2.45) is 0 Å². The molecule has 1 aromatic rings. The van der Waals surface area contributed by atoms with Crippen molar-refractivity contribution in [3.05, 3.63) is 29.6 Å². The Morgan fingerprint density at radius 2 is 1.95 bits per heavy atom. The van der Waals surface area contributed by atoms with Gasteiger partial charge in [-0.1, -0.05) is 6.07 Å². The van der Waals surface area contributed by atoms with Crippen molar-refractivity contribution in [2.45, 2.75) is 13.0 Å². The Morgan fingerprint density at radius 3 is 2.50 bits per heavy atom. The summed E-state index contributed by atoms with van der Waals surface area (Å²) in [5.74, 6) is -2.88. The molecule has 1 unspecified atom stereocenters. The minimum atomic E-state index is -1.50. The largest absolute Gasteiger partial charge is 0.478 e. The van der Waals surface area contributed by atoms with E-state index in [0.29, 0.717) is 0 Å². The molecular formula is C12H14FN3O4. The number of benzene rings is 1. The maximum absolute atomic E-state index is 13.4. The minimum Gasteiger partial charge on any atom is -0.478 e. The minimum absolute atomic E-state index is 0.195. The van der Waals surface area contributed by atoms with Gasteiger partial charge in [-0.2, -0.15) is 0 Å². The second-order valence-electron chi connectivity index (χ2n) is 3.90. The van der Waals surface area contributed by atoms with Crippen LogP contribution in [-0.4, -0.2) is 36.1 Å². The first-order chi connectivity index (χ1) is 9.36. The van der Waals surface area contributed by atoms with Crippen LogP contribution in [0.2, 0.25) is 0 Å². The lowest BCUT2D eigenvalue weighted by Crippen LogP contribution is -2.45. The van der Waals surface area contributed by atoms with Crippen LogP contribution in [0.3, 0.4) is 0 Å². The quantitative estimate of drug-likeness (QED) is 0.655. The molecule has 20 heavy (non-hydrogen) atoms. The highest BCUT2D eigenvalue weighted by Gasteiger charge is 2.19. The molecule has 0 aliphatic heterocycles. The van der Waals surface area contributed by atoms with Crippen LogP contribution in [0.5, 0.6) is 0 Å². The van der Waals surface area contributed by atoms with E-state index in [-0.39, 0.29) is 5.69 Å². The molecule has 7 nitrogen and oxygen atoms in total. The molecule has 1 rings (SSSR count). The van der Waals surface area contributed by atoms with Crippen LogP contribution in [0.1, 0.15) is 17.3 Å². The number of likely N-dealkylation sites (N-methyl/N-ethyl adjacent to an activating group) is 1. The number of rotatable bonds is 4. The van der Waals surface area contributed by atoms with Crippen LogP contribution >= 0.6 is 0 Å². The van der Waals surface area contributed by atoms with Crippen molar-refractivity contribution in [1.29, 1.82) is 0 Å². The fourth-order valence-corrected chi connectivity index (χ4v) is 1.48. The number of halogens is 1. The first-order valence-electron chi connectivity index (χ1n) is 5.67. The predicted molar refractivity (Wildman–Crippen MR) is 69.0 cm³/mol. The van der Waals surface area contributed by atoms with Gasteiger partial charge in [-0.05, 0) is 19.1 Å². The van der Waals surface area contributed by atoms with E-state index >= 15 is 0 Å². The summed E-state index contributed by atoms with van der Waals surface area (Å²) in [5, 5.41) is 15.7. The number of amides is 3. The molecule has 0 saturated heterocycles. The number of aromatic carboxylic acids is 1. The number of carbonyl (C=O) groups excluding carboxylic acids is 2. The molecule has 1 atom stereocenters. The Balaban J connectivity index is 2.84. The number of carboxylic acid groups (broad SMARTS) is 1. The third kappa shape index (κ3) is 3.67. The summed E-state index contributed by atoms with van der Waals surface area (Å²) in [4.78, 5) is 33.8. The number of hydrogen-bond acceptors (Lipinski definition) is 3. The van der Waals surface area contributed by atoms with Gasteiger partial charge in [0.2, 0.25) is 5.91 Å². The Kier molecular flexibility index (Phi) is 5.01. The van der Waals surface area contributed by atoms with Crippen molar-refractivity contribution in [3.63, 3.8) is 0 Å². The highest BCUT2D eigenvalue weighted by molar-refractivity contribution is 6.01. The standard InChI is InChI=1S/C12H14FN3O4/c1-6(10(17)14-2)15-12(20)16-8-5-3-4-7(13)9(8)11(18)19/h3-6H,1-2H3,(H,14,17)(H,18,19)(H2,15,16,20). The Morgan fingerprint density at radius 1 is 1.30 bits per heavy atom. The number of anilines is 1. The van der Waals surface area contributed by atoms with E-state index in [1.807, 2.05) is 0 Å². The number of urea groups is 1. The highest BCUT2D eigenvalue weighted by atomic mass is 19.1. The van der Waals surface area contributed by atoms with Gasteiger partial charge in [0.1, 0.15) is 17.4 Å². The fraction of sp³-hybridized carbons (Fsp3) is 0.250. The van der Waals surface area contributed by atoms with Gasteiger partial charge in [0.25, 0.3) is 0 Å². The lowest BCUT2D eigenvalue weighted by molar-refractivity contribution is -0.122. The molecule has 0 radical (unpaired) electrons. The Bertz CT molecular complexity index is 548. The summed E-state index contributed by atoms with van der Waals surface area (Å²) in [5.41, 5.74) is -0.839. The number of nitrogens with one attached hydrogen (secondary N) is 3. The zero-order valence-corrected chi connectivity index (χ0v) is 10.9. The van der Waals surface area contributed by atoms with Crippen molar-refractivity contribution < 1.29 is 23.9 Å². The van der Waals surface area contributed by atoms with Gasteiger partial charge in [0.15, 0.2) is 0 Å². The van der Waals surface area contributed by atoms with Gasteiger partial charge in [0.05, 0.1) is 5.69 Å². The van der Waals surface area contributed by atoms with Gasteiger partial charge in [-0.3, -0.25) is 4.79 Å². The summed E-state index contributed by atoms with van der Waals surface area (Å²) >= 11 is 0. The van der Waals surface area contributed by atoms with Gasteiger partial charge in [0, 0.05) is 7.05 Å². The van der Waals surface area contributed by atoms with Gasteiger partial charge >= 0.3 is 12.0 Å². The molecule has 8 heteroatoms.